The first kappa shape index (κ1) is 12.4. The predicted molar refractivity (Wildman–Crippen MR) is 73.0 cm³/mol. The molecule has 0 aliphatic heterocycles. The van der Waals surface area contributed by atoms with Gasteiger partial charge in [0.1, 0.15) is 5.75 Å². The second-order valence-electron chi connectivity index (χ2n) is 4.43. The molecule has 3 nitrogen and oxygen atoms in total. The third-order valence-electron chi connectivity index (χ3n) is 3.07. The zero-order valence-electron chi connectivity index (χ0n) is 10.7. The van der Waals surface area contributed by atoms with Crippen LogP contribution in [0.1, 0.15) is 18.9 Å². The number of aromatic nitrogens is 1. The standard InChI is InChI=1S/C15H17NO2/c1-10(2)15(17)7-4-11-9-16-14-6-5-12(18-3)8-13(11)14/h5-6,8-9,16H,1,4,7H2,2-3H3. The molecule has 18 heavy (non-hydrogen) atoms. The number of aromatic amines is 1. The molecule has 3 heteroatoms. The summed E-state index contributed by atoms with van der Waals surface area (Å²) in [6, 6.07) is 5.90. The number of H-pyrrole nitrogens is 1. The van der Waals surface area contributed by atoms with Crippen molar-refractivity contribution in [3.8, 4) is 5.75 Å². The summed E-state index contributed by atoms with van der Waals surface area (Å²) in [7, 11) is 1.65. The van der Waals surface area contributed by atoms with Crippen LogP contribution in [-0.2, 0) is 11.2 Å². The van der Waals surface area contributed by atoms with Crippen molar-refractivity contribution in [3.05, 3.63) is 42.1 Å². The zero-order valence-corrected chi connectivity index (χ0v) is 10.7. The van der Waals surface area contributed by atoms with Crippen molar-refractivity contribution in [1.82, 2.24) is 4.98 Å². The molecule has 1 N–H and O–H groups in total. The Balaban J connectivity index is 2.23. The van der Waals surface area contributed by atoms with E-state index in [-0.39, 0.29) is 5.78 Å². The van der Waals surface area contributed by atoms with Gasteiger partial charge in [-0.15, -0.1) is 0 Å². The number of benzene rings is 1. The Morgan fingerprint density at radius 3 is 2.89 bits per heavy atom. The van der Waals surface area contributed by atoms with Gasteiger partial charge in [0.2, 0.25) is 0 Å². The molecule has 0 fully saturated rings. The van der Waals surface area contributed by atoms with Gasteiger partial charge in [0.05, 0.1) is 7.11 Å². The third-order valence-corrected chi connectivity index (χ3v) is 3.07. The molecule has 2 rings (SSSR count). The Morgan fingerprint density at radius 2 is 2.22 bits per heavy atom. The lowest BCUT2D eigenvalue weighted by molar-refractivity contribution is -0.115. The molecular weight excluding hydrogens is 226 g/mol. The maximum atomic E-state index is 11.6. The summed E-state index contributed by atoms with van der Waals surface area (Å²) in [5.74, 6) is 0.946. The predicted octanol–water partition coefficient (Wildman–Crippen LogP) is 3.25. The Bertz CT molecular complexity index is 596. The second-order valence-corrected chi connectivity index (χ2v) is 4.43. The van der Waals surface area contributed by atoms with Gasteiger partial charge in [-0.3, -0.25) is 4.79 Å². The number of hydrogen-bond acceptors (Lipinski definition) is 2. The Kier molecular flexibility index (Phi) is 3.51. The molecule has 0 spiro atoms. The number of rotatable bonds is 5. The summed E-state index contributed by atoms with van der Waals surface area (Å²) < 4.78 is 5.22. The van der Waals surface area contributed by atoms with Crippen LogP contribution in [0.2, 0.25) is 0 Å². The van der Waals surface area contributed by atoms with Gasteiger partial charge in [-0.25, -0.2) is 0 Å². The fourth-order valence-electron chi connectivity index (χ4n) is 1.95. The van der Waals surface area contributed by atoms with E-state index in [2.05, 4.69) is 11.6 Å². The van der Waals surface area contributed by atoms with Gasteiger partial charge in [0, 0.05) is 23.5 Å². The number of Topliss-reactive ketones (excluding diaryl/α,β-unsaturated/α-hetero) is 1. The summed E-state index contributed by atoms with van der Waals surface area (Å²) in [5, 5.41) is 1.11. The van der Waals surface area contributed by atoms with E-state index in [1.165, 1.54) is 0 Å². The average Bonchev–Trinajstić information content (AvgIpc) is 2.77. The average molecular weight is 243 g/mol. The first-order valence-corrected chi connectivity index (χ1v) is 5.94. The highest BCUT2D eigenvalue weighted by atomic mass is 16.5. The molecule has 1 aromatic heterocycles. The summed E-state index contributed by atoms with van der Waals surface area (Å²) in [5.41, 5.74) is 2.82. The van der Waals surface area contributed by atoms with Crippen molar-refractivity contribution in [2.24, 2.45) is 0 Å². The molecule has 0 saturated carbocycles. The molecule has 2 aromatic rings. The van der Waals surface area contributed by atoms with Gasteiger partial charge in [-0.1, -0.05) is 6.58 Å². The minimum Gasteiger partial charge on any atom is -0.497 e. The fraction of sp³-hybridized carbons (Fsp3) is 0.267. The van der Waals surface area contributed by atoms with Crippen molar-refractivity contribution in [3.63, 3.8) is 0 Å². The van der Waals surface area contributed by atoms with Crippen molar-refractivity contribution in [2.75, 3.05) is 7.11 Å². The molecule has 0 aliphatic rings. The monoisotopic (exact) mass is 243 g/mol. The Labute approximate surface area is 106 Å². The molecule has 0 amide bonds. The van der Waals surface area contributed by atoms with Gasteiger partial charge in [-0.2, -0.15) is 0 Å². The molecule has 0 aliphatic carbocycles. The maximum Gasteiger partial charge on any atom is 0.158 e. The summed E-state index contributed by atoms with van der Waals surface area (Å²) >= 11 is 0. The number of allylic oxidation sites excluding steroid dienone is 1. The zero-order chi connectivity index (χ0) is 13.1. The van der Waals surface area contributed by atoms with Crippen LogP contribution in [0.15, 0.2) is 36.5 Å². The van der Waals surface area contributed by atoms with Crippen molar-refractivity contribution < 1.29 is 9.53 Å². The number of aryl methyl sites for hydroxylation is 1. The largest absolute Gasteiger partial charge is 0.497 e. The summed E-state index contributed by atoms with van der Waals surface area (Å²) in [6.07, 6.45) is 3.17. The molecule has 0 saturated heterocycles. The lowest BCUT2D eigenvalue weighted by Crippen LogP contribution is -2.00. The number of methoxy groups -OCH3 is 1. The van der Waals surface area contributed by atoms with Crippen molar-refractivity contribution in [2.45, 2.75) is 19.8 Å². The highest BCUT2D eigenvalue weighted by Crippen LogP contribution is 2.24. The van der Waals surface area contributed by atoms with Gasteiger partial charge < -0.3 is 9.72 Å². The molecule has 1 aromatic carbocycles. The molecule has 0 atom stereocenters. The normalized spacial score (nSPS) is 10.6. The Morgan fingerprint density at radius 1 is 1.44 bits per heavy atom. The van der Waals surface area contributed by atoms with Crippen LogP contribution in [0.5, 0.6) is 5.75 Å². The van der Waals surface area contributed by atoms with Crippen LogP contribution in [0.3, 0.4) is 0 Å². The van der Waals surface area contributed by atoms with E-state index in [1.807, 2.05) is 24.4 Å². The van der Waals surface area contributed by atoms with E-state index in [1.54, 1.807) is 14.0 Å². The SMILES string of the molecule is C=C(C)C(=O)CCc1c[nH]c2ccc(OC)cc12. The quantitative estimate of drug-likeness (QED) is 0.819. The van der Waals surface area contributed by atoms with Crippen LogP contribution in [-0.4, -0.2) is 17.9 Å². The highest BCUT2D eigenvalue weighted by molar-refractivity contribution is 5.94. The molecule has 1 heterocycles. The van der Waals surface area contributed by atoms with E-state index in [9.17, 15) is 4.79 Å². The highest BCUT2D eigenvalue weighted by Gasteiger charge is 2.08. The summed E-state index contributed by atoms with van der Waals surface area (Å²) in [6.45, 7) is 5.42. The van der Waals surface area contributed by atoms with Crippen molar-refractivity contribution >= 4 is 16.7 Å². The molecular formula is C15H17NO2. The van der Waals surface area contributed by atoms with Crippen molar-refractivity contribution in [1.29, 1.82) is 0 Å². The number of fused-ring (bicyclic) bond motifs is 1. The van der Waals surface area contributed by atoms with Crippen LogP contribution in [0, 0.1) is 0 Å². The molecule has 0 bridgehead atoms. The number of carbonyl (C=O) groups is 1. The summed E-state index contributed by atoms with van der Waals surface area (Å²) in [4.78, 5) is 14.8. The fourth-order valence-corrected chi connectivity index (χ4v) is 1.95. The van der Waals surface area contributed by atoms with E-state index in [0.717, 1.165) is 28.6 Å². The van der Waals surface area contributed by atoms with Crippen LogP contribution in [0.4, 0.5) is 0 Å². The van der Waals surface area contributed by atoms with Gasteiger partial charge >= 0.3 is 0 Å². The van der Waals surface area contributed by atoms with Gasteiger partial charge in [0.15, 0.2) is 5.78 Å². The third kappa shape index (κ3) is 2.45. The number of ketones is 1. The minimum absolute atomic E-state index is 0.118. The van der Waals surface area contributed by atoms with E-state index in [4.69, 9.17) is 4.74 Å². The van der Waals surface area contributed by atoms with E-state index < -0.39 is 0 Å². The topological polar surface area (TPSA) is 42.1 Å². The Hall–Kier alpha value is -2.03. The van der Waals surface area contributed by atoms with Crippen LogP contribution < -0.4 is 4.74 Å². The number of carbonyl (C=O) groups excluding carboxylic acids is 1. The number of ether oxygens (including phenoxy) is 1. The molecule has 94 valence electrons. The number of hydrogen-bond donors (Lipinski definition) is 1. The smallest absolute Gasteiger partial charge is 0.158 e. The number of nitrogens with one attached hydrogen (secondary N) is 1. The van der Waals surface area contributed by atoms with Gasteiger partial charge in [0.25, 0.3) is 0 Å². The maximum absolute atomic E-state index is 11.6. The lowest BCUT2D eigenvalue weighted by atomic mass is 10.0. The molecule has 0 radical (unpaired) electrons. The molecule has 0 unspecified atom stereocenters. The minimum atomic E-state index is 0.118. The van der Waals surface area contributed by atoms with Crippen LogP contribution in [0.25, 0.3) is 10.9 Å². The first-order valence-electron chi connectivity index (χ1n) is 5.94. The lowest BCUT2D eigenvalue weighted by Gasteiger charge is -2.02. The van der Waals surface area contributed by atoms with E-state index in [0.29, 0.717) is 12.0 Å². The van der Waals surface area contributed by atoms with Gasteiger partial charge in [-0.05, 0) is 42.7 Å². The van der Waals surface area contributed by atoms with E-state index >= 15 is 0 Å². The first-order chi connectivity index (χ1) is 8.61. The second kappa shape index (κ2) is 5.08. The van der Waals surface area contributed by atoms with Crippen LogP contribution >= 0.6 is 0 Å².